The lowest BCUT2D eigenvalue weighted by Gasteiger charge is -2.15. The maximum atomic E-state index is 12.7. The summed E-state index contributed by atoms with van der Waals surface area (Å²) >= 11 is 0. The molecule has 8 nitrogen and oxygen atoms in total. The molecule has 180 valence electrons. The van der Waals surface area contributed by atoms with Gasteiger partial charge in [0.25, 0.3) is 5.91 Å². The first kappa shape index (κ1) is 24.8. The summed E-state index contributed by atoms with van der Waals surface area (Å²) in [5, 5.41) is 28.1. The van der Waals surface area contributed by atoms with Gasteiger partial charge in [-0.1, -0.05) is 38.1 Å². The third-order valence-corrected chi connectivity index (χ3v) is 4.82. The lowest BCUT2D eigenvalue weighted by molar-refractivity contribution is -0.137. The van der Waals surface area contributed by atoms with Crippen LogP contribution in [0.2, 0.25) is 0 Å². The third kappa shape index (κ3) is 6.13. The van der Waals surface area contributed by atoms with Crippen molar-refractivity contribution in [2.75, 3.05) is 17.0 Å². The van der Waals surface area contributed by atoms with Crippen LogP contribution in [-0.4, -0.2) is 28.8 Å². The molecule has 34 heavy (non-hydrogen) atoms. The topological polar surface area (TPSA) is 114 Å². The Morgan fingerprint density at radius 2 is 1.65 bits per heavy atom. The van der Waals surface area contributed by atoms with Crippen molar-refractivity contribution >= 4 is 23.2 Å². The first-order chi connectivity index (χ1) is 15.8. The summed E-state index contributed by atoms with van der Waals surface area (Å²) in [4.78, 5) is 12.4. The molecule has 1 amide bonds. The normalized spacial score (nSPS) is 11.7. The number of benzene rings is 2. The number of hydrogen-bond donors (Lipinski definition) is 4. The first-order valence-corrected chi connectivity index (χ1v) is 10.2. The molecule has 1 heterocycles. The minimum atomic E-state index is -4.47. The number of carbonyl (C=O) groups is 1. The molecule has 0 aliphatic rings. The third-order valence-electron chi connectivity index (χ3n) is 4.82. The molecule has 2 aromatic carbocycles. The number of hydroxylamine groups is 1. The van der Waals surface area contributed by atoms with Gasteiger partial charge in [-0.05, 0) is 36.4 Å². The average Bonchev–Trinajstić information content (AvgIpc) is 3.28. The second-order valence-corrected chi connectivity index (χ2v) is 8.52. The van der Waals surface area contributed by atoms with Crippen molar-refractivity contribution in [1.29, 1.82) is 5.41 Å². The number of halogens is 3. The molecule has 11 heteroatoms. The van der Waals surface area contributed by atoms with Crippen molar-refractivity contribution in [3.8, 4) is 0 Å². The van der Waals surface area contributed by atoms with E-state index in [2.05, 4.69) is 15.8 Å². The molecule has 0 aliphatic carbocycles. The quantitative estimate of drug-likeness (QED) is 0.172. The molecule has 0 unspecified atom stereocenters. The van der Waals surface area contributed by atoms with E-state index in [0.29, 0.717) is 11.4 Å². The van der Waals surface area contributed by atoms with Gasteiger partial charge in [0.2, 0.25) is 0 Å². The SMILES string of the molecule is CC(C)(C)c1cc(N(O)CNc2ccc(C(=O)NC(=N)c3ccc(C(F)(F)F)cc3)cc2)no1. The Morgan fingerprint density at radius 3 is 2.18 bits per heavy atom. The molecule has 3 rings (SSSR count). The molecule has 0 aliphatic heterocycles. The second kappa shape index (κ2) is 9.56. The van der Waals surface area contributed by atoms with Gasteiger partial charge in [-0.2, -0.15) is 13.2 Å². The van der Waals surface area contributed by atoms with Crippen molar-refractivity contribution in [3.63, 3.8) is 0 Å². The zero-order chi connectivity index (χ0) is 25.1. The fraction of sp³-hybridized carbons (Fsp3) is 0.261. The van der Waals surface area contributed by atoms with Gasteiger partial charge in [0.05, 0.1) is 5.56 Å². The molecule has 1 aromatic heterocycles. The number of carbonyl (C=O) groups excluding carboxylic acids is 1. The second-order valence-electron chi connectivity index (χ2n) is 8.52. The molecule has 0 radical (unpaired) electrons. The highest BCUT2D eigenvalue weighted by Crippen LogP contribution is 2.29. The maximum absolute atomic E-state index is 12.7. The smallest absolute Gasteiger partial charge is 0.366 e. The number of hydrogen-bond acceptors (Lipinski definition) is 7. The standard InChI is InChI=1S/C23H24F3N5O3/c1-22(2,3)18-12-19(30-34-18)31(33)13-28-17-10-6-15(7-11-17)21(32)29-20(27)14-4-8-16(9-5-14)23(24,25)26/h4-12,28,33H,13H2,1-3H3,(H2,27,29,32). The van der Waals surface area contributed by atoms with Crippen molar-refractivity contribution < 1.29 is 27.7 Å². The Bertz CT molecular complexity index is 1150. The van der Waals surface area contributed by atoms with Crippen LogP contribution in [0, 0.1) is 5.41 Å². The summed E-state index contributed by atoms with van der Waals surface area (Å²) in [7, 11) is 0. The minimum Gasteiger partial charge on any atom is -0.366 e. The monoisotopic (exact) mass is 475 g/mol. The Labute approximate surface area is 193 Å². The summed E-state index contributed by atoms with van der Waals surface area (Å²) in [6, 6.07) is 11.8. The zero-order valence-corrected chi connectivity index (χ0v) is 18.7. The van der Waals surface area contributed by atoms with Crippen LogP contribution < -0.4 is 15.7 Å². The van der Waals surface area contributed by atoms with E-state index in [-0.39, 0.29) is 34.9 Å². The van der Waals surface area contributed by atoms with Crippen LogP contribution in [0.5, 0.6) is 0 Å². The molecule has 4 N–H and O–H groups in total. The van der Waals surface area contributed by atoms with E-state index in [1.807, 2.05) is 20.8 Å². The van der Waals surface area contributed by atoms with Crippen molar-refractivity contribution in [2.45, 2.75) is 32.4 Å². The number of rotatable bonds is 6. The summed E-state index contributed by atoms with van der Waals surface area (Å²) in [5.41, 5.74) is -0.0932. The van der Waals surface area contributed by atoms with E-state index in [9.17, 15) is 23.2 Å². The molecular formula is C23H24F3N5O3. The number of amides is 1. The molecule has 0 saturated carbocycles. The summed E-state index contributed by atoms with van der Waals surface area (Å²) in [5.74, 6) is -0.0365. The Kier molecular flexibility index (Phi) is 6.96. The van der Waals surface area contributed by atoms with Crippen LogP contribution >= 0.6 is 0 Å². The van der Waals surface area contributed by atoms with E-state index < -0.39 is 17.6 Å². The fourth-order valence-electron chi connectivity index (χ4n) is 2.81. The van der Waals surface area contributed by atoms with Crippen molar-refractivity contribution in [3.05, 3.63) is 77.0 Å². The van der Waals surface area contributed by atoms with Gasteiger partial charge in [-0.3, -0.25) is 15.4 Å². The van der Waals surface area contributed by atoms with E-state index in [1.54, 1.807) is 18.2 Å². The van der Waals surface area contributed by atoms with E-state index in [0.717, 1.165) is 29.3 Å². The number of alkyl halides is 3. The lowest BCUT2D eigenvalue weighted by Crippen LogP contribution is -2.30. The van der Waals surface area contributed by atoms with Crippen LogP contribution in [0.25, 0.3) is 0 Å². The molecule has 0 fully saturated rings. The molecular weight excluding hydrogens is 451 g/mol. The van der Waals surface area contributed by atoms with Gasteiger partial charge in [-0.25, -0.2) is 5.06 Å². The van der Waals surface area contributed by atoms with Crippen molar-refractivity contribution in [2.24, 2.45) is 0 Å². The molecule has 0 saturated heterocycles. The zero-order valence-electron chi connectivity index (χ0n) is 18.7. The van der Waals surface area contributed by atoms with Gasteiger partial charge < -0.3 is 15.2 Å². The number of aromatic nitrogens is 1. The highest BCUT2D eigenvalue weighted by Gasteiger charge is 2.30. The number of nitrogens with zero attached hydrogens (tertiary/aromatic N) is 2. The van der Waals surface area contributed by atoms with Crippen LogP contribution in [0.4, 0.5) is 24.7 Å². The van der Waals surface area contributed by atoms with Crippen LogP contribution in [0.1, 0.15) is 48.0 Å². The highest BCUT2D eigenvalue weighted by molar-refractivity contribution is 6.11. The summed E-state index contributed by atoms with van der Waals surface area (Å²) < 4.78 is 43.2. The number of anilines is 2. The Morgan fingerprint density at radius 1 is 1.06 bits per heavy atom. The van der Waals surface area contributed by atoms with Gasteiger partial charge >= 0.3 is 6.18 Å². The number of nitrogens with one attached hydrogen (secondary N) is 3. The summed E-state index contributed by atoms with van der Waals surface area (Å²) in [6.07, 6.45) is -4.47. The van der Waals surface area contributed by atoms with Crippen LogP contribution in [0.3, 0.4) is 0 Å². The van der Waals surface area contributed by atoms with Crippen molar-refractivity contribution in [1.82, 2.24) is 10.5 Å². The molecule has 0 bridgehead atoms. The predicted molar refractivity (Wildman–Crippen MR) is 120 cm³/mol. The van der Waals surface area contributed by atoms with E-state index in [1.165, 1.54) is 12.1 Å². The lowest BCUT2D eigenvalue weighted by atomic mass is 9.93. The van der Waals surface area contributed by atoms with Gasteiger partial charge in [0, 0.05) is 28.3 Å². The Hall–Kier alpha value is -3.86. The van der Waals surface area contributed by atoms with Gasteiger partial charge in [0.1, 0.15) is 18.3 Å². The van der Waals surface area contributed by atoms with Crippen LogP contribution in [0.15, 0.2) is 59.1 Å². The summed E-state index contributed by atoms with van der Waals surface area (Å²) in [6.45, 7) is 5.88. The number of amidine groups is 1. The fourth-order valence-corrected chi connectivity index (χ4v) is 2.81. The Balaban J connectivity index is 1.55. The maximum Gasteiger partial charge on any atom is 0.416 e. The minimum absolute atomic E-state index is 0.000224. The van der Waals surface area contributed by atoms with Gasteiger partial charge in [-0.15, -0.1) is 0 Å². The average molecular weight is 475 g/mol. The highest BCUT2D eigenvalue weighted by atomic mass is 19.4. The largest absolute Gasteiger partial charge is 0.416 e. The molecule has 0 atom stereocenters. The van der Waals surface area contributed by atoms with E-state index in [4.69, 9.17) is 9.93 Å². The van der Waals surface area contributed by atoms with Crippen LogP contribution in [-0.2, 0) is 11.6 Å². The molecule has 0 spiro atoms. The van der Waals surface area contributed by atoms with E-state index >= 15 is 0 Å². The predicted octanol–water partition coefficient (Wildman–Crippen LogP) is 5.01. The first-order valence-electron chi connectivity index (χ1n) is 10.2. The van der Waals surface area contributed by atoms with Gasteiger partial charge in [0.15, 0.2) is 5.82 Å². The molecule has 3 aromatic rings.